The Kier molecular flexibility index (Phi) is 4.25. The van der Waals surface area contributed by atoms with Crippen molar-refractivity contribution in [3.05, 3.63) is 35.4 Å². The second-order valence-corrected chi connectivity index (χ2v) is 5.64. The monoisotopic (exact) mass is 354 g/mol. The molecule has 0 aliphatic rings. The number of hydrogen-bond donors (Lipinski definition) is 3. The van der Waals surface area contributed by atoms with Crippen LogP contribution in [0.2, 0.25) is 0 Å². The molecular formula is C18H18N4O4. The highest BCUT2D eigenvalue weighted by Gasteiger charge is 2.22. The summed E-state index contributed by atoms with van der Waals surface area (Å²) in [5, 5.41) is 10.1. The second-order valence-electron chi connectivity index (χ2n) is 5.64. The Balaban J connectivity index is 2.51. The Hall–Kier alpha value is -3.55. The maximum absolute atomic E-state index is 11.9. The number of rotatable bonds is 4. The minimum absolute atomic E-state index is 0.0907. The van der Waals surface area contributed by atoms with Crippen molar-refractivity contribution >= 4 is 22.6 Å². The zero-order valence-electron chi connectivity index (χ0n) is 14.5. The maximum atomic E-state index is 11.9. The number of hydrogen-bond acceptors (Lipinski definition) is 7. The number of benzene rings is 2. The van der Waals surface area contributed by atoms with Crippen LogP contribution < -0.4 is 20.9 Å². The summed E-state index contributed by atoms with van der Waals surface area (Å²) < 4.78 is 10.4. The van der Waals surface area contributed by atoms with E-state index in [0.29, 0.717) is 27.7 Å². The number of aromatic hydroxyl groups is 1. The molecule has 2 aromatic carbocycles. The molecule has 0 spiro atoms. The summed E-state index contributed by atoms with van der Waals surface area (Å²) in [7, 11) is 2.88. The van der Waals surface area contributed by atoms with E-state index >= 15 is 0 Å². The van der Waals surface area contributed by atoms with Crippen LogP contribution in [0.3, 0.4) is 0 Å². The van der Waals surface area contributed by atoms with Crippen LogP contribution in [0.15, 0.2) is 24.3 Å². The summed E-state index contributed by atoms with van der Waals surface area (Å²) in [6, 6.07) is 6.46. The lowest BCUT2D eigenvalue weighted by Gasteiger charge is -2.16. The highest BCUT2D eigenvalue weighted by Crippen LogP contribution is 2.40. The van der Waals surface area contributed by atoms with Gasteiger partial charge in [-0.1, -0.05) is 12.1 Å². The van der Waals surface area contributed by atoms with Crippen molar-refractivity contribution in [1.29, 1.82) is 0 Å². The molecule has 0 fully saturated rings. The van der Waals surface area contributed by atoms with Crippen molar-refractivity contribution in [2.45, 2.75) is 6.92 Å². The molecule has 5 N–H and O–H groups in total. The van der Waals surface area contributed by atoms with Gasteiger partial charge < -0.3 is 26.0 Å². The predicted molar refractivity (Wildman–Crippen MR) is 97.4 cm³/mol. The van der Waals surface area contributed by atoms with E-state index in [1.807, 2.05) is 0 Å². The molecule has 1 heterocycles. The number of aromatic nitrogens is 2. The number of nitrogens with zero attached hydrogens (tertiary/aromatic N) is 2. The Morgan fingerprint density at radius 3 is 2.42 bits per heavy atom. The van der Waals surface area contributed by atoms with Crippen LogP contribution in [0, 0.1) is 6.92 Å². The highest BCUT2D eigenvalue weighted by molar-refractivity contribution is 6.10. The molecule has 8 heteroatoms. The van der Waals surface area contributed by atoms with Gasteiger partial charge in [0, 0.05) is 5.56 Å². The van der Waals surface area contributed by atoms with Crippen molar-refractivity contribution in [2.24, 2.45) is 5.73 Å². The maximum Gasteiger partial charge on any atom is 0.278 e. The summed E-state index contributed by atoms with van der Waals surface area (Å²) in [5.41, 5.74) is 14.4. The fourth-order valence-electron chi connectivity index (χ4n) is 2.81. The van der Waals surface area contributed by atoms with Gasteiger partial charge in [-0.2, -0.15) is 0 Å². The van der Waals surface area contributed by atoms with Crippen molar-refractivity contribution in [3.63, 3.8) is 0 Å². The number of nitrogens with two attached hydrogens (primary N) is 2. The second kappa shape index (κ2) is 6.40. The number of amides is 1. The number of primary amides is 1. The van der Waals surface area contributed by atoms with Gasteiger partial charge in [-0.15, -0.1) is 0 Å². The topological polar surface area (TPSA) is 134 Å². The Bertz CT molecular complexity index is 1030. The third-order valence-corrected chi connectivity index (χ3v) is 4.16. The van der Waals surface area contributed by atoms with E-state index in [1.54, 1.807) is 25.1 Å². The molecule has 1 aromatic heterocycles. The lowest BCUT2D eigenvalue weighted by Crippen LogP contribution is -2.15. The minimum Gasteiger partial charge on any atom is -0.508 e. The average molecular weight is 354 g/mol. The standard InChI is InChI=1S/C18H18N4O4/c1-8-9(5-4-6-12(8)23)13-14(19)10(16(20)24)7-11-15(13)22-18(26-3)17(21-11)25-2/h4-7,23H,19H2,1-3H3,(H2,20,24). The van der Waals surface area contributed by atoms with Gasteiger partial charge in [-0.05, 0) is 30.2 Å². The summed E-state index contributed by atoms with van der Waals surface area (Å²) in [5.74, 6) is -0.267. The number of anilines is 1. The van der Waals surface area contributed by atoms with Gasteiger partial charge >= 0.3 is 0 Å². The first-order valence-corrected chi connectivity index (χ1v) is 7.70. The predicted octanol–water partition coefficient (Wildman–Crippen LogP) is 2.01. The zero-order chi connectivity index (χ0) is 19.0. The first-order valence-electron chi connectivity index (χ1n) is 7.70. The molecule has 3 rings (SSSR count). The summed E-state index contributed by atoms with van der Waals surface area (Å²) in [4.78, 5) is 20.7. The Labute approximate surface area is 149 Å². The van der Waals surface area contributed by atoms with Gasteiger partial charge in [0.15, 0.2) is 0 Å². The number of ether oxygens (including phenoxy) is 2. The van der Waals surface area contributed by atoms with Crippen LogP contribution in [-0.4, -0.2) is 35.2 Å². The largest absolute Gasteiger partial charge is 0.508 e. The Morgan fingerprint density at radius 1 is 1.15 bits per heavy atom. The third-order valence-electron chi connectivity index (χ3n) is 4.16. The van der Waals surface area contributed by atoms with Crippen LogP contribution >= 0.6 is 0 Å². The van der Waals surface area contributed by atoms with Gasteiger partial charge in [-0.3, -0.25) is 4.79 Å². The molecular weight excluding hydrogens is 336 g/mol. The van der Waals surface area contributed by atoms with Gasteiger partial charge in [0.25, 0.3) is 17.7 Å². The number of fused-ring (bicyclic) bond motifs is 1. The molecule has 8 nitrogen and oxygen atoms in total. The summed E-state index contributed by atoms with van der Waals surface area (Å²) >= 11 is 0. The lowest BCUT2D eigenvalue weighted by atomic mass is 9.94. The smallest absolute Gasteiger partial charge is 0.278 e. The van der Waals surface area contributed by atoms with Crippen LogP contribution in [0.5, 0.6) is 17.5 Å². The summed E-state index contributed by atoms with van der Waals surface area (Å²) in [6.07, 6.45) is 0. The van der Waals surface area contributed by atoms with E-state index < -0.39 is 5.91 Å². The average Bonchev–Trinajstić information content (AvgIpc) is 2.62. The van der Waals surface area contributed by atoms with Crippen LogP contribution in [0.25, 0.3) is 22.2 Å². The zero-order valence-corrected chi connectivity index (χ0v) is 14.5. The number of nitrogen functional groups attached to an aromatic ring is 1. The van der Waals surface area contributed by atoms with Gasteiger partial charge in [0.1, 0.15) is 11.3 Å². The fraction of sp³-hybridized carbons (Fsp3) is 0.167. The van der Waals surface area contributed by atoms with E-state index in [2.05, 4.69) is 9.97 Å². The van der Waals surface area contributed by atoms with Crippen LogP contribution in [0.1, 0.15) is 15.9 Å². The first kappa shape index (κ1) is 17.3. The quantitative estimate of drug-likeness (QED) is 0.610. The lowest BCUT2D eigenvalue weighted by molar-refractivity contribution is 0.100. The molecule has 0 aliphatic carbocycles. The van der Waals surface area contributed by atoms with E-state index in [1.165, 1.54) is 20.3 Å². The third kappa shape index (κ3) is 2.61. The number of phenolic OH excluding ortho intramolecular Hbond substituents is 1. The number of carbonyl (C=O) groups excluding carboxylic acids is 1. The number of phenols is 1. The number of methoxy groups -OCH3 is 2. The Morgan fingerprint density at radius 2 is 1.81 bits per heavy atom. The normalized spacial score (nSPS) is 10.7. The molecule has 3 aromatic rings. The van der Waals surface area contributed by atoms with Crippen molar-refractivity contribution < 1.29 is 19.4 Å². The molecule has 26 heavy (non-hydrogen) atoms. The van der Waals surface area contributed by atoms with Gasteiger partial charge in [-0.25, -0.2) is 9.97 Å². The fourth-order valence-corrected chi connectivity index (χ4v) is 2.81. The summed E-state index contributed by atoms with van der Waals surface area (Å²) in [6.45, 7) is 1.74. The van der Waals surface area contributed by atoms with E-state index in [4.69, 9.17) is 20.9 Å². The molecule has 0 unspecified atom stereocenters. The SMILES string of the molecule is COc1nc2cc(C(N)=O)c(N)c(-c3cccc(O)c3C)c2nc1OC. The van der Waals surface area contributed by atoms with Gasteiger partial charge in [0.2, 0.25) is 0 Å². The molecule has 0 radical (unpaired) electrons. The van der Waals surface area contributed by atoms with Crippen molar-refractivity contribution in [1.82, 2.24) is 9.97 Å². The molecule has 0 bridgehead atoms. The van der Waals surface area contributed by atoms with E-state index in [9.17, 15) is 9.90 Å². The van der Waals surface area contributed by atoms with Crippen molar-refractivity contribution in [2.75, 3.05) is 20.0 Å². The van der Waals surface area contributed by atoms with E-state index in [-0.39, 0.29) is 28.8 Å². The molecule has 0 atom stereocenters. The number of carbonyl (C=O) groups is 1. The van der Waals surface area contributed by atoms with Gasteiger partial charge in [0.05, 0.1) is 31.0 Å². The molecule has 0 aliphatic heterocycles. The first-order chi connectivity index (χ1) is 12.4. The van der Waals surface area contributed by atoms with Crippen molar-refractivity contribution in [3.8, 4) is 28.6 Å². The minimum atomic E-state index is -0.694. The molecule has 1 amide bonds. The molecule has 0 saturated carbocycles. The molecule has 134 valence electrons. The van der Waals surface area contributed by atoms with Crippen LogP contribution in [-0.2, 0) is 0 Å². The highest BCUT2D eigenvalue weighted by atomic mass is 16.5. The van der Waals surface area contributed by atoms with E-state index in [0.717, 1.165) is 0 Å². The molecule has 0 saturated heterocycles. The van der Waals surface area contributed by atoms with Crippen LogP contribution in [0.4, 0.5) is 5.69 Å².